The van der Waals surface area contributed by atoms with E-state index in [1.807, 2.05) is 51.1 Å². The summed E-state index contributed by atoms with van der Waals surface area (Å²) in [6.45, 7) is 6.78. The van der Waals surface area contributed by atoms with Gasteiger partial charge < -0.3 is 15.2 Å². The molecule has 122 valence electrons. The highest BCUT2D eigenvalue weighted by Gasteiger charge is 2.13. The minimum Gasteiger partial charge on any atom is -0.491 e. The van der Waals surface area contributed by atoms with Crippen molar-refractivity contribution in [3.63, 3.8) is 0 Å². The van der Waals surface area contributed by atoms with Gasteiger partial charge in [-0.05, 0) is 50.0 Å². The molecule has 23 heavy (non-hydrogen) atoms. The lowest BCUT2D eigenvalue weighted by Gasteiger charge is -2.23. The zero-order valence-corrected chi connectivity index (χ0v) is 14.2. The van der Waals surface area contributed by atoms with Crippen LogP contribution in [0.1, 0.15) is 26.5 Å². The highest BCUT2D eigenvalue weighted by atomic mass is 32.1. The van der Waals surface area contributed by atoms with Gasteiger partial charge in [0.1, 0.15) is 24.5 Å². The van der Waals surface area contributed by atoms with Crippen LogP contribution in [0, 0.1) is 11.3 Å². The zero-order valence-electron chi connectivity index (χ0n) is 13.4. The lowest BCUT2D eigenvalue weighted by Crippen LogP contribution is -2.42. The fourth-order valence-corrected chi connectivity index (χ4v) is 2.47. The molecule has 0 aliphatic heterocycles. The molecule has 0 saturated heterocycles. The van der Waals surface area contributed by atoms with Gasteiger partial charge in [0, 0.05) is 12.1 Å². The zero-order chi connectivity index (χ0) is 16.9. The van der Waals surface area contributed by atoms with Crippen LogP contribution >= 0.6 is 11.5 Å². The molecule has 7 heteroatoms. The van der Waals surface area contributed by atoms with Crippen LogP contribution in [0.4, 0.5) is 0 Å². The third-order valence-corrected chi connectivity index (χ3v) is 3.78. The first-order valence-corrected chi connectivity index (χ1v) is 8.05. The van der Waals surface area contributed by atoms with E-state index < -0.39 is 6.10 Å². The SMILES string of the molecule is CC(C)(C)NCC(O)COc1cccc(-c2snnc2C#N)c1. The first-order chi connectivity index (χ1) is 10.9. The van der Waals surface area contributed by atoms with Gasteiger partial charge in [-0.25, -0.2) is 0 Å². The maximum atomic E-state index is 9.96. The average molecular weight is 332 g/mol. The van der Waals surface area contributed by atoms with Gasteiger partial charge in [0.05, 0.1) is 4.88 Å². The number of hydrogen-bond donors (Lipinski definition) is 2. The molecule has 0 aliphatic rings. The smallest absolute Gasteiger partial charge is 0.183 e. The molecule has 1 heterocycles. The van der Waals surface area contributed by atoms with E-state index in [1.54, 1.807) is 0 Å². The molecule has 2 aromatic rings. The van der Waals surface area contributed by atoms with Gasteiger partial charge in [0.15, 0.2) is 5.69 Å². The number of aliphatic hydroxyl groups is 1. The summed E-state index contributed by atoms with van der Waals surface area (Å²) in [6.07, 6.45) is -0.599. The van der Waals surface area contributed by atoms with E-state index in [0.717, 1.165) is 5.56 Å². The van der Waals surface area contributed by atoms with E-state index in [4.69, 9.17) is 10.00 Å². The molecule has 0 saturated carbocycles. The van der Waals surface area contributed by atoms with Gasteiger partial charge in [-0.15, -0.1) is 5.10 Å². The molecule has 2 N–H and O–H groups in total. The Balaban J connectivity index is 1.97. The molecule has 1 aromatic carbocycles. The van der Waals surface area contributed by atoms with Crippen LogP contribution in [-0.2, 0) is 0 Å². The molecule has 0 amide bonds. The van der Waals surface area contributed by atoms with E-state index in [1.165, 1.54) is 11.5 Å². The molecule has 0 fully saturated rings. The van der Waals surface area contributed by atoms with E-state index in [-0.39, 0.29) is 12.1 Å². The Labute approximate surface area is 139 Å². The molecule has 0 aliphatic carbocycles. The Kier molecular flexibility index (Phi) is 5.66. The van der Waals surface area contributed by atoms with Gasteiger partial charge in [-0.2, -0.15) is 5.26 Å². The van der Waals surface area contributed by atoms with Crippen molar-refractivity contribution in [2.45, 2.75) is 32.4 Å². The summed E-state index contributed by atoms with van der Waals surface area (Å²) in [5.74, 6) is 0.634. The normalized spacial score (nSPS) is 12.7. The Morgan fingerprint density at radius 3 is 2.91 bits per heavy atom. The molecule has 0 spiro atoms. The van der Waals surface area contributed by atoms with Crippen LogP contribution in [0.5, 0.6) is 5.75 Å². The van der Waals surface area contributed by atoms with Crippen molar-refractivity contribution in [3.05, 3.63) is 30.0 Å². The van der Waals surface area contributed by atoms with Crippen molar-refractivity contribution >= 4 is 11.5 Å². The number of nitrogens with zero attached hydrogens (tertiary/aromatic N) is 3. The summed E-state index contributed by atoms with van der Waals surface area (Å²) < 4.78 is 9.44. The fraction of sp³-hybridized carbons (Fsp3) is 0.438. The summed E-state index contributed by atoms with van der Waals surface area (Å²) in [4.78, 5) is 0.716. The Morgan fingerprint density at radius 1 is 1.43 bits per heavy atom. The quantitative estimate of drug-likeness (QED) is 0.843. The van der Waals surface area contributed by atoms with Crippen LogP contribution in [0.15, 0.2) is 24.3 Å². The number of β-amino-alcohol motifs (C(OH)–C–C–N with tert-alkyl or cyclic N) is 1. The molecule has 1 aromatic heterocycles. The third kappa shape index (κ3) is 5.28. The third-order valence-electron chi connectivity index (χ3n) is 3.00. The molecule has 1 unspecified atom stereocenters. The highest BCUT2D eigenvalue weighted by molar-refractivity contribution is 7.09. The minimum atomic E-state index is -0.599. The van der Waals surface area contributed by atoms with Crippen LogP contribution < -0.4 is 10.1 Å². The van der Waals surface area contributed by atoms with E-state index in [0.29, 0.717) is 22.9 Å². The van der Waals surface area contributed by atoms with Crippen molar-refractivity contribution in [3.8, 4) is 22.3 Å². The van der Waals surface area contributed by atoms with Gasteiger partial charge in [0.2, 0.25) is 0 Å². The Hall–Kier alpha value is -2.01. The van der Waals surface area contributed by atoms with Gasteiger partial charge >= 0.3 is 0 Å². The Morgan fingerprint density at radius 2 is 2.22 bits per heavy atom. The average Bonchev–Trinajstić information content (AvgIpc) is 2.99. The van der Waals surface area contributed by atoms with Crippen molar-refractivity contribution in [1.82, 2.24) is 14.9 Å². The molecule has 0 bridgehead atoms. The fourth-order valence-electron chi connectivity index (χ4n) is 1.86. The number of hydrogen-bond acceptors (Lipinski definition) is 7. The van der Waals surface area contributed by atoms with E-state index in [2.05, 4.69) is 14.9 Å². The number of rotatable bonds is 6. The topological polar surface area (TPSA) is 91.1 Å². The summed E-state index contributed by atoms with van der Waals surface area (Å²) >= 11 is 1.17. The maximum Gasteiger partial charge on any atom is 0.183 e. The highest BCUT2D eigenvalue weighted by Crippen LogP contribution is 2.28. The van der Waals surface area contributed by atoms with Crippen molar-refractivity contribution in [1.29, 1.82) is 5.26 Å². The van der Waals surface area contributed by atoms with Crippen LogP contribution in [0.3, 0.4) is 0 Å². The number of nitrogens with one attached hydrogen (secondary N) is 1. The summed E-state index contributed by atoms with van der Waals surface area (Å²) in [5, 5.41) is 26.0. The molecule has 6 nitrogen and oxygen atoms in total. The van der Waals surface area contributed by atoms with Gasteiger partial charge in [-0.3, -0.25) is 0 Å². The van der Waals surface area contributed by atoms with Crippen LogP contribution in [0.2, 0.25) is 0 Å². The Bertz CT molecular complexity index is 688. The summed E-state index contributed by atoms with van der Waals surface area (Å²) in [5.41, 5.74) is 1.09. The van der Waals surface area contributed by atoms with Gasteiger partial charge in [0.25, 0.3) is 0 Å². The number of nitriles is 1. The first-order valence-electron chi connectivity index (χ1n) is 7.28. The lowest BCUT2D eigenvalue weighted by molar-refractivity contribution is 0.100. The molecule has 0 radical (unpaired) electrons. The van der Waals surface area contributed by atoms with E-state index in [9.17, 15) is 5.11 Å². The van der Waals surface area contributed by atoms with Crippen molar-refractivity contribution in [2.24, 2.45) is 0 Å². The lowest BCUT2D eigenvalue weighted by atomic mass is 10.1. The van der Waals surface area contributed by atoms with Crippen molar-refractivity contribution < 1.29 is 9.84 Å². The standard InChI is InChI=1S/C16H20N4O2S/c1-16(2,3)18-9-12(21)10-22-13-6-4-5-11(7-13)15-14(8-17)19-20-23-15/h4-7,12,18,21H,9-10H2,1-3H3. The summed E-state index contributed by atoms with van der Waals surface area (Å²) in [6, 6.07) is 9.37. The second-order valence-electron chi connectivity index (χ2n) is 6.19. The van der Waals surface area contributed by atoms with Crippen molar-refractivity contribution in [2.75, 3.05) is 13.2 Å². The predicted molar refractivity (Wildman–Crippen MR) is 89.3 cm³/mol. The van der Waals surface area contributed by atoms with Gasteiger partial charge in [-0.1, -0.05) is 16.6 Å². The largest absolute Gasteiger partial charge is 0.491 e. The van der Waals surface area contributed by atoms with E-state index >= 15 is 0 Å². The predicted octanol–water partition coefficient (Wildman–Crippen LogP) is 2.20. The molecular weight excluding hydrogens is 312 g/mol. The molecule has 2 rings (SSSR count). The maximum absolute atomic E-state index is 9.96. The second kappa shape index (κ2) is 7.51. The number of ether oxygens (including phenoxy) is 1. The number of benzene rings is 1. The number of aliphatic hydroxyl groups excluding tert-OH is 1. The second-order valence-corrected chi connectivity index (χ2v) is 6.94. The van der Waals surface area contributed by atoms with Crippen LogP contribution in [0.25, 0.3) is 10.4 Å². The number of aromatic nitrogens is 2. The van der Waals surface area contributed by atoms with Crippen LogP contribution in [-0.4, -0.2) is 39.5 Å². The minimum absolute atomic E-state index is 0.0479. The molecule has 1 atom stereocenters. The summed E-state index contributed by atoms with van der Waals surface area (Å²) in [7, 11) is 0. The monoisotopic (exact) mass is 332 g/mol. The first kappa shape index (κ1) is 17.3. The molecular formula is C16H20N4O2S.